The Morgan fingerprint density at radius 2 is 1.88 bits per heavy atom. The molecule has 0 aromatic carbocycles. The lowest BCUT2D eigenvalue weighted by Gasteiger charge is -2.25. The monoisotopic (exact) mass is 473 g/mol. The number of carbonyl (C=O) groups excluding carboxylic acids is 3. The van der Waals surface area contributed by atoms with Crippen molar-refractivity contribution >= 4 is 17.7 Å². The SMILES string of the molecule is CC(C)(F)C[C@H](NC(=O)c1ccc(C(F)(F)F)[nH]1)C(=O)N[C@H](C#N)C[C@@H]1CC(C)(C)NC1=O. The van der Waals surface area contributed by atoms with Crippen molar-refractivity contribution in [3.8, 4) is 6.07 Å². The Balaban J connectivity index is 2.11. The van der Waals surface area contributed by atoms with Crippen molar-refractivity contribution in [2.24, 2.45) is 5.92 Å². The first-order valence-electron chi connectivity index (χ1n) is 10.3. The molecule has 0 radical (unpaired) electrons. The summed E-state index contributed by atoms with van der Waals surface area (Å²) in [6.45, 7) is 5.99. The third kappa shape index (κ3) is 7.47. The second-order valence-corrected chi connectivity index (χ2v) is 9.43. The van der Waals surface area contributed by atoms with Crippen molar-refractivity contribution in [2.45, 2.75) is 76.4 Å². The molecule has 0 spiro atoms. The first-order chi connectivity index (χ1) is 15.0. The van der Waals surface area contributed by atoms with Crippen LogP contribution in [0.1, 0.15) is 63.1 Å². The maximum absolute atomic E-state index is 14.3. The molecule has 4 N–H and O–H groups in total. The van der Waals surface area contributed by atoms with Crippen LogP contribution in [0.3, 0.4) is 0 Å². The van der Waals surface area contributed by atoms with E-state index in [1.807, 2.05) is 24.9 Å². The Kier molecular flexibility index (Phi) is 7.46. The van der Waals surface area contributed by atoms with Crippen LogP contribution in [0.5, 0.6) is 0 Å². The Labute approximate surface area is 188 Å². The molecule has 3 amide bonds. The minimum absolute atomic E-state index is 0.0166. The van der Waals surface area contributed by atoms with E-state index in [1.165, 1.54) is 13.8 Å². The number of rotatable bonds is 8. The highest BCUT2D eigenvalue weighted by Gasteiger charge is 2.39. The fourth-order valence-corrected chi connectivity index (χ4v) is 3.71. The highest BCUT2D eigenvalue weighted by atomic mass is 19.4. The predicted octanol–water partition coefficient (Wildman–Crippen LogP) is 2.58. The van der Waals surface area contributed by atoms with Crippen LogP contribution >= 0.6 is 0 Å². The Bertz CT molecular complexity index is 943. The summed E-state index contributed by atoms with van der Waals surface area (Å²) in [5.41, 5.74) is -3.98. The molecular weight excluding hydrogens is 446 g/mol. The number of hydrogen-bond acceptors (Lipinski definition) is 4. The lowest BCUT2D eigenvalue weighted by molar-refractivity contribution is -0.140. The second-order valence-electron chi connectivity index (χ2n) is 9.43. The van der Waals surface area contributed by atoms with Crippen LogP contribution in [-0.2, 0) is 15.8 Å². The first-order valence-corrected chi connectivity index (χ1v) is 10.3. The van der Waals surface area contributed by atoms with E-state index in [2.05, 4.69) is 16.0 Å². The predicted molar refractivity (Wildman–Crippen MR) is 109 cm³/mol. The van der Waals surface area contributed by atoms with E-state index in [1.54, 1.807) is 0 Å². The van der Waals surface area contributed by atoms with E-state index in [4.69, 9.17) is 0 Å². The zero-order chi connectivity index (χ0) is 25.2. The summed E-state index contributed by atoms with van der Waals surface area (Å²) in [4.78, 5) is 39.2. The minimum Gasteiger partial charge on any atom is -0.351 e. The van der Waals surface area contributed by atoms with Gasteiger partial charge in [-0.15, -0.1) is 0 Å². The number of aromatic nitrogens is 1. The molecule has 33 heavy (non-hydrogen) atoms. The molecule has 0 bridgehead atoms. The van der Waals surface area contributed by atoms with Gasteiger partial charge in [-0.3, -0.25) is 14.4 Å². The Hall–Kier alpha value is -3.10. The number of aromatic amines is 1. The van der Waals surface area contributed by atoms with Gasteiger partial charge in [0.2, 0.25) is 11.8 Å². The number of H-pyrrole nitrogens is 1. The van der Waals surface area contributed by atoms with E-state index in [0.717, 1.165) is 6.07 Å². The van der Waals surface area contributed by atoms with Crippen molar-refractivity contribution < 1.29 is 31.9 Å². The highest BCUT2D eigenvalue weighted by Crippen LogP contribution is 2.29. The molecular formula is C21H27F4N5O3. The number of nitrogens with one attached hydrogen (secondary N) is 4. The van der Waals surface area contributed by atoms with Gasteiger partial charge in [-0.1, -0.05) is 0 Å². The summed E-state index contributed by atoms with van der Waals surface area (Å²) in [5, 5.41) is 16.8. The fraction of sp³-hybridized carbons (Fsp3) is 0.619. The molecule has 2 rings (SSSR count). The van der Waals surface area contributed by atoms with Crippen LogP contribution < -0.4 is 16.0 Å². The third-order valence-electron chi connectivity index (χ3n) is 5.13. The number of hydrogen-bond donors (Lipinski definition) is 4. The van der Waals surface area contributed by atoms with E-state index in [-0.39, 0.29) is 12.3 Å². The molecule has 2 heterocycles. The van der Waals surface area contributed by atoms with Crippen molar-refractivity contribution in [1.29, 1.82) is 5.26 Å². The van der Waals surface area contributed by atoms with Gasteiger partial charge in [0.25, 0.3) is 5.91 Å². The maximum atomic E-state index is 14.3. The zero-order valence-corrected chi connectivity index (χ0v) is 18.7. The van der Waals surface area contributed by atoms with Gasteiger partial charge in [0, 0.05) is 17.9 Å². The van der Waals surface area contributed by atoms with Crippen LogP contribution in [-0.4, -0.2) is 46.0 Å². The smallest absolute Gasteiger partial charge is 0.351 e. The average molecular weight is 473 g/mol. The highest BCUT2D eigenvalue weighted by molar-refractivity contribution is 5.96. The molecule has 3 atom stereocenters. The lowest BCUT2D eigenvalue weighted by Crippen LogP contribution is -2.51. The minimum atomic E-state index is -4.70. The number of nitriles is 1. The van der Waals surface area contributed by atoms with Gasteiger partial charge in [0.1, 0.15) is 29.1 Å². The molecule has 8 nitrogen and oxygen atoms in total. The maximum Gasteiger partial charge on any atom is 0.431 e. The largest absolute Gasteiger partial charge is 0.431 e. The fourth-order valence-electron chi connectivity index (χ4n) is 3.71. The summed E-state index contributed by atoms with van der Waals surface area (Å²) in [6.07, 6.45) is -4.72. The van der Waals surface area contributed by atoms with Crippen molar-refractivity contribution in [2.75, 3.05) is 0 Å². The average Bonchev–Trinajstić information content (AvgIpc) is 3.23. The zero-order valence-electron chi connectivity index (χ0n) is 18.7. The van der Waals surface area contributed by atoms with Gasteiger partial charge >= 0.3 is 6.18 Å². The first kappa shape index (κ1) is 26.2. The standard InChI is InChI=1S/C21H27F4N5O3/c1-19(2,22)9-14(29-17(32)13-5-6-15(28-13)21(23,24)25)18(33)27-12(10-26)7-11-8-20(3,4)30-16(11)31/h5-6,11-12,14,28H,7-9H2,1-4H3,(H,27,33)(H,29,32)(H,30,31)/t11-,12+,14+/m1/s1. The molecule has 0 saturated carbocycles. The number of nitrogens with zero attached hydrogens (tertiary/aromatic N) is 1. The molecule has 1 aromatic rings. The molecule has 1 aliphatic rings. The second kappa shape index (κ2) is 9.41. The molecule has 1 saturated heterocycles. The van der Waals surface area contributed by atoms with Gasteiger partial charge < -0.3 is 20.9 Å². The van der Waals surface area contributed by atoms with Crippen molar-refractivity contribution in [3.63, 3.8) is 0 Å². The van der Waals surface area contributed by atoms with Crippen LogP contribution in [0.15, 0.2) is 12.1 Å². The molecule has 12 heteroatoms. The van der Waals surface area contributed by atoms with Gasteiger partial charge in [-0.25, -0.2) is 4.39 Å². The van der Waals surface area contributed by atoms with Crippen LogP contribution in [0.2, 0.25) is 0 Å². The lowest BCUT2D eigenvalue weighted by atomic mass is 9.91. The van der Waals surface area contributed by atoms with Crippen LogP contribution in [0, 0.1) is 17.2 Å². The summed E-state index contributed by atoms with van der Waals surface area (Å²) < 4.78 is 52.6. The number of amides is 3. The summed E-state index contributed by atoms with van der Waals surface area (Å²) in [5.74, 6) is -2.70. The van der Waals surface area contributed by atoms with Gasteiger partial charge in [-0.05, 0) is 52.7 Å². The van der Waals surface area contributed by atoms with Crippen LogP contribution in [0.4, 0.5) is 17.6 Å². The summed E-state index contributed by atoms with van der Waals surface area (Å²) in [6, 6.07) is 0.882. The van der Waals surface area contributed by atoms with Gasteiger partial charge in [0.05, 0.1) is 6.07 Å². The third-order valence-corrected chi connectivity index (χ3v) is 5.13. The molecule has 0 unspecified atom stereocenters. The summed E-state index contributed by atoms with van der Waals surface area (Å²) in [7, 11) is 0. The molecule has 1 fully saturated rings. The Morgan fingerprint density at radius 3 is 2.33 bits per heavy atom. The molecule has 1 aliphatic heterocycles. The Morgan fingerprint density at radius 1 is 1.24 bits per heavy atom. The number of alkyl halides is 4. The van der Waals surface area contributed by atoms with E-state index in [9.17, 15) is 37.2 Å². The van der Waals surface area contributed by atoms with Crippen molar-refractivity contribution in [1.82, 2.24) is 20.9 Å². The molecule has 182 valence electrons. The molecule has 0 aliphatic carbocycles. The van der Waals surface area contributed by atoms with Gasteiger partial charge in [0.15, 0.2) is 0 Å². The molecule has 1 aromatic heterocycles. The quantitative estimate of drug-likeness (QED) is 0.433. The van der Waals surface area contributed by atoms with Crippen molar-refractivity contribution in [3.05, 3.63) is 23.5 Å². The van der Waals surface area contributed by atoms with E-state index < -0.39 is 65.0 Å². The normalized spacial score (nSPS) is 19.8. The number of halogens is 4. The van der Waals surface area contributed by atoms with Gasteiger partial charge in [-0.2, -0.15) is 18.4 Å². The number of carbonyl (C=O) groups is 3. The van der Waals surface area contributed by atoms with Crippen LogP contribution in [0.25, 0.3) is 0 Å². The van der Waals surface area contributed by atoms with E-state index in [0.29, 0.717) is 12.5 Å². The van der Waals surface area contributed by atoms with E-state index >= 15 is 0 Å². The summed E-state index contributed by atoms with van der Waals surface area (Å²) >= 11 is 0. The topological polar surface area (TPSA) is 127 Å².